The van der Waals surface area contributed by atoms with E-state index >= 15 is 0 Å². The Kier molecular flexibility index (Phi) is 24.8. The van der Waals surface area contributed by atoms with Crippen molar-refractivity contribution < 1.29 is 5.11 Å². The second-order valence-corrected chi connectivity index (χ2v) is 6.26. The largest absolute Gasteiger partial charge is 0.330 e. The van der Waals surface area contributed by atoms with Crippen LogP contribution in [0.3, 0.4) is 0 Å². The molecule has 0 heterocycles. The third-order valence-electron chi connectivity index (χ3n) is 3.50. The first kappa shape index (κ1) is 22.2. The van der Waals surface area contributed by atoms with Gasteiger partial charge in [0.2, 0.25) is 0 Å². The van der Waals surface area contributed by atoms with Crippen LogP contribution in [0.2, 0.25) is 3.67 Å². The van der Waals surface area contributed by atoms with Crippen molar-refractivity contribution in [3.63, 3.8) is 0 Å². The summed E-state index contributed by atoms with van der Waals surface area (Å²) in [5.74, 6) is 0. The Labute approximate surface area is 139 Å². The van der Waals surface area contributed by atoms with Crippen molar-refractivity contribution in [2.24, 2.45) is 5.73 Å². The molecule has 3 N–H and O–H groups in total. The monoisotopic (exact) mass is 281 g/mol. The van der Waals surface area contributed by atoms with Crippen molar-refractivity contribution in [1.82, 2.24) is 0 Å². The van der Waals surface area contributed by atoms with Gasteiger partial charge in [0, 0.05) is 0 Å². The Hall–Kier alpha value is 0.920. The molecule has 0 radical (unpaired) electrons. The predicted molar refractivity (Wildman–Crippen MR) is 87.8 cm³/mol. The van der Waals surface area contributed by atoms with Crippen molar-refractivity contribution in [2.75, 3.05) is 6.54 Å². The summed E-state index contributed by atoms with van der Waals surface area (Å²) in [7, 11) is 0. The molecule has 0 rings (SSSR count). The molecule has 0 aliphatic heterocycles. The third-order valence-corrected chi connectivity index (χ3v) is 4.44. The van der Waals surface area contributed by atoms with Crippen LogP contribution in [0.4, 0.5) is 0 Å². The van der Waals surface area contributed by atoms with Gasteiger partial charge in [-0.25, -0.2) is 0 Å². The minimum atomic E-state index is -0.00309. The van der Waals surface area contributed by atoms with E-state index in [0.717, 1.165) is 44.6 Å². The summed E-state index contributed by atoms with van der Waals surface area (Å²) >= 11 is 1.13. The van der Waals surface area contributed by atoms with Gasteiger partial charge in [-0.05, 0) is 13.0 Å². The minimum absolute atomic E-state index is 0.00309. The summed E-state index contributed by atoms with van der Waals surface area (Å²) in [6.45, 7) is 5.14. The van der Waals surface area contributed by atoms with Gasteiger partial charge in [-0.1, -0.05) is 64.7 Å². The second-order valence-electron chi connectivity index (χ2n) is 5.44. The zero-order valence-corrected chi connectivity index (χ0v) is 15.8. The standard InChI is InChI=1S/C12H27N.C4H9O.Na/c1-2-3-4-5-6-7-8-9-10-11-12-13;1-3-4(2)5;/h2-13H2,1H3;4-5H,2-3H2,1H3;. The fourth-order valence-corrected chi connectivity index (χ4v) is 2.50. The predicted octanol–water partition coefficient (Wildman–Crippen LogP) is 4.21. The smallest absolute Gasteiger partial charge is 0.00773 e. The van der Waals surface area contributed by atoms with Crippen LogP contribution >= 0.6 is 0 Å². The van der Waals surface area contributed by atoms with Gasteiger partial charge in [-0.2, -0.15) is 0 Å². The maximum atomic E-state index is 8.70. The molecule has 0 aromatic carbocycles. The van der Waals surface area contributed by atoms with Gasteiger partial charge in [0.1, 0.15) is 0 Å². The van der Waals surface area contributed by atoms with Gasteiger partial charge in [-0.15, -0.1) is 0 Å². The van der Waals surface area contributed by atoms with Crippen LogP contribution in [0.25, 0.3) is 0 Å². The van der Waals surface area contributed by atoms with E-state index in [2.05, 4.69) is 6.92 Å². The summed E-state index contributed by atoms with van der Waals surface area (Å²) in [4.78, 5) is 0. The summed E-state index contributed by atoms with van der Waals surface area (Å²) < 4.78 is 1.02. The molecule has 0 fully saturated rings. The van der Waals surface area contributed by atoms with Crippen molar-refractivity contribution >= 4 is 27.9 Å². The molecule has 0 bridgehead atoms. The van der Waals surface area contributed by atoms with Crippen molar-refractivity contribution in [3.8, 4) is 0 Å². The number of hydrogen-bond acceptors (Lipinski definition) is 2. The average Bonchev–Trinajstić information content (AvgIpc) is 2.45. The quantitative estimate of drug-likeness (QED) is 0.416. The number of aliphatic hydroxyl groups excluding tert-OH is 1. The molecule has 3 heteroatoms. The zero-order valence-electron chi connectivity index (χ0n) is 13.8. The van der Waals surface area contributed by atoms with E-state index in [4.69, 9.17) is 10.8 Å². The van der Waals surface area contributed by atoms with Gasteiger partial charge in [0.25, 0.3) is 0 Å². The van der Waals surface area contributed by atoms with Gasteiger partial charge in [-0.3, -0.25) is 0 Å². The van der Waals surface area contributed by atoms with Gasteiger partial charge in [0.05, 0.1) is 0 Å². The fraction of sp³-hybridized carbons (Fsp3) is 1.00. The molecule has 0 spiro atoms. The first-order valence-corrected chi connectivity index (χ1v) is 10.0. The second kappa shape index (κ2) is 21.2. The fourth-order valence-electron chi connectivity index (χ4n) is 1.92. The topological polar surface area (TPSA) is 46.2 Å². The van der Waals surface area contributed by atoms with Crippen LogP contribution in [-0.2, 0) is 0 Å². The van der Waals surface area contributed by atoms with E-state index in [1.165, 1.54) is 64.2 Å². The van der Waals surface area contributed by atoms with Crippen molar-refractivity contribution in [2.45, 2.75) is 94.3 Å². The normalized spacial score (nSPS) is 11.9. The first-order chi connectivity index (χ1) is 9.22. The Morgan fingerprint density at radius 2 is 1.26 bits per heavy atom. The molecule has 2 nitrogen and oxygen atoms in total. The maximum Gasteiger partial charge on any atom is -0.00773 e. The van der Waals surface area contributed by atoms with Crippen molar-refractivity contribution in [1.29, 1.82) is 0 Å². The summed E-state index contributed by atoms with van der Waals surface area (Å²) in [6, 6.07) is 0. The zero-order chi connectivity index (χ0) is 14.8. The third kappa shape index (κ3) is 24.3. The van der Waals surface area contributed by atoms with Crippen LogP contribution in [0.5, 0.6) is 0 Å². The van der Waals surface area contributed by atoms with E-state index in [1.807, 2.05) is 6.92 Å². The van der Waals surface area contributed by atoms with Crippen molar-refractivity contribution in [3.05, 3.63) is 0 Å². The van der Waals surface area contributed by atoms with Crippen LogP contribution in [0, 0.1) is 0 Å². The number of rotatable bonds is 12. The SMILES string of the molecule is CCC(O)[CH2][Na].CCCCCCCCCCCCN. The molecule has 0 saturated carbocycles. The van der Waals surface area contributed by atoms with E-state index in [0.29, 0.717) is 0 Å². The number of unbranched alkanes of at least 4 members (excludes halogenated alkanes) is 9. The molecule has 112 valence electrons. The van der Waals surface area contributed by atoms with E-state index in [1.54, 1.807) is 0 Å². The molecule has 0 aromatic heterocycles. The molecular weight excluding hydrogens is 245 g/mol. The molecule has 0 aliphatic rings. The number of nitrogens with two attached hydrogens (primary N) is 1. The van der Waals surface area contributed by atoms with Gasteiger partial charge >= 0.3 is 56.2 Å². The Morgan fingerprint density at radius 1 is 0.842 bits per heavy atom. The van der Waals surface area contributed by atoms with Gasteiger partial charge < -0.3 is 5.73 Å². The van der Waals surface area contributed by atoms with Crippen LogP contribution in [-0.4, -0.2) is 45.7 Å². The van der Waals surface area contributed by atoms with E-state index in [-0.39, 0.29) is 6.10 Å². The molecule has 0 saturated heterocycles. The van der Waals surface area contributed by atoms with E-state index < -0.39 is 0 Å². The maximum absolute atomic E-state index is 8.70. The molecule has 19 heavy (non-hydrogen) atoms. The van der Waals surface area contributed by atoms with Crippen LogP contribution in [0.1, 0.15) is 84.5 Å². The molecular formula is C16H36NNaO. The average molecular weight is 281 g/mol. The van der Waals surface area contributed by atoms with Crippen LogP contribution in [0.15, 0.2) is 0 Å². The first-order valence-electron chi connectivity index (χ1n) is 8.60. The van der Waals surface area contributed by atoms with E-state index in [9.17, 15) is 0 Å². The van der Waals surface area contributed by atoms with Crippen LogP contribution < -0.4 is 5.73 Å². The molecule has 1 atom stereocenters. The molecule has 0 aliphatic carbocycles. The summed E-state index contributed by atoms with van der Waals surface area (Å²) in [5, 5.41) is 8.70. The number of aliphatic hydroxyl groups is 1. The molecule has 0 aromatic rings. The Bertz CT molecular complexity index is 131. The molecule has 0 amide bonds. The summed E-state index contributed by atoms with van der Waals surface area (Å²) in [5.41, 5.74) is 5.42. The summed E-state index contributed by atoms with van der Waals surface area (Å²) in [6.07, 6.45) is 14.9. The Balaban J connectivity index is 0. The van der Waals surface area contributed by atoms with Gasteiger partial charge in [0.15, 0.2) is 0 Å². The molecule has 1 unspecified atom stereocenters. The number of hydrogen-bond donors (Lipinski definition) is 2. The minimum Gasteiger partial charge on any atom is -0.330 e. The Morgan fingerprint density at radius 3 is 1.53 bits per heavy atom.